The molecule has 92 valence electrons. The topological polar surface area (TPSA) is 22.4 Å². The lowest BCUT2D eigenvalue weighted by atomic mass is 10.0. The van der Waals surface area contributed by atoms with Gasteiger partial charge in [0.2, 0.25) is 0 Å². The van der Waals surface area contributed by atoms with E-state index in [1.807, 2.05) is 6.07 Å². The summed E-state index contributed by atoms with van der Waals surface area (Å²) in [6.07, 6.45) is 6.51. The summed E-state index contributed by atoms with van der Waals surface area (Å²) in [7, 11) is 1.69. The van der Waals surface area contributed by atoms with Gasteiger partial charge in [0.05, 0.1) is 0 Å². The maximum Gasteiger partial charge on any atom is 0.129 e. The van der Waals surface area contributed by atoms with Gasteiger partial charge in [0.1, 0.15) is 18.1 Å². The Balaban J connectivity index is 2.31. The van der Waals surface area contributed by atoms with Crippen LogP contribution in [0.3, 0.4) is 0 Å². The molecule has 1 aromatic rings. The molecule has 0 aliphatic rings. The van der Waals surface area contributed by atoms with E-state index in [-0.39, 0.29) is 0 Å². The molecule has 1 heterocycles. The molecule has 0 radical (unpaired) electrons. The smallest absolute Gasteiger partial charge is 0.129 e. The zero-order valence-electron chi connectivity index (χ0n) is 10.8. The minimum absolute atomic E-state index is 0.530. The summed E-state index contributed by atoms with van der Waals surface area (Å²) >= 11 is 0. The third-order valence-corrected chi connectivity index (χ3v) is 2.95. The van der Waals surface area contributed by atoms with Crippen molar-refractivity contribution in [1.29, 1.82) is 0 Å². The summed E-state index contributed by atoms with van der Waals surface area (Å²) in [5.41, 5.74) is 0. The van der Waals surface area contributed by atoms with E-state index in [4.69, 9.17) is 9.15 Å². The Hall–Kier alpha value is -0.760. The van der Waals surface area contributed by atoms with Crippen molar-refractivity contribution in [1.82, 2.24) is 0 Å². The van der Waals surface area contributed by atoms with Crippen LogP contribution >= 0.6 is 0 Å². The number of hydrogen-bond donors (Lipinski definition) is 0. The van der Waals surface area contributed by atoms with Gasteiger partial charge in [0, 0.05) is 13.0 Å². The number of methoxy groups -OCH3 is 1. The van der Waals surface area contributed by atoms with Crippen molar-refractivity contribution in [3.05, 3.63) is 23.7 Å². The fourth-order valence-electron chi connectivity index (χ4n) is 1.90. The van der Waals surface area contributed by atoms with Crippen LogP contribution in [0.1, 0.15) is 63.4 Å². The maximum absolute atomic E-state index is 5.72. The Morgan fingerprint density at radius 3 is 2.75 bits per heavy atom. The second-order valence-electron chi connectivity index (χ2n) is 4.49. The van der Waals surface area contributed by atoms with Gasteiger partial charge >= 0.3 is 0 Å². The molecule has 0 aliphatic heterocycles. The van der Waals surface area contributed by atoms with Crippen LogP contribution in [0.15, 0.2) is 16.5 Å². The average molecular weight is 224 g/mol. The van der Waals surface area contributed by atoms with Crippen molar-refractivity contribution in [3.8, 4) is 0 Å². The summed E-state index contributed by atoms with van der Waals surface area (Å²) in [5.74, 6) is 2.56. The molecule has 2 nitrogen and oxygen atoms in total. The van der Waals surface area contributed by atoms with Gasteiger partial charge in [-0.1, -0.05) is 39.5 Å². The van der Waals surface area contributed by atoms with Crippen molar-refractivity contribution < 1.29 is 9.15 Å². The van der Waals surface area contributed by atoms with Crippen molar-refractivity contribution in [3.63, 3.8) is 0 Å². The number of furan rings is 1. The summed E-state index contributed by atoms with van der Waals surface area (Å²) in [6.45, 7) is 5.05. The Morgan fingerprint density at radius 1 is 1.25 bits per heavy atom. The molecule has 0 saturated heterocycles. The molecule has 0 N–H and O–H groups in total. The van der Waals surface area contributed by atoms with Crippen LogP contribution < -0.4 is 0 Å². The normalized spacial score (nSPS) is 12.9. The Labute approximate surface area is 99.0 Å². The highest BCUT2D eigenvalue weighted by molar-refractivity contribution is 5.10. The molecular formula is C14H24O2. The number of ether oxygens (including phenoxy) is 1. The van der Waals surface area contributed by atoms with Gasteiger partial charge in [-0.05, 0) is 18.6 Å². The van der Waals surface area contributed by atoms with E-state index in [1.54, 1.807) is 7.11 Å². The fraction of sp³-hybridized carbons (Fsp3) is 0.714. The van der Waals surface area contributed by atoms with E-state index in [0.717, 1.165) is 11.5 Å². The first-order valence-electron chi connectivity index (χ1n) is 6.35. The minimum atomic E-state index is 0.530. The van der Waals surface area contributed by atoms with Crippen LogP contribution in [0.4, 0.5) is 0 Å². The molecule has 0 aromatic carbocycles. The second kappa shape index (κ2) is 7.50. The van der Waals surface area contributed by atoms with E-state index in [0.29, 0.717) is 12.5 Å². The van der Waals surface area contributed by atoms with Gasteiger partial charge < -0.3 is 9.15 Å². The standard InChI is InChI=1S/C14H24O2/c1-4-5-6-7-8-12(2)14-10-9-13(16-14)11-15-3/h9-10,12H,4-8,11H2,1-3H3. The molecule has 0 bridgehead atoms. The molecule has 1 unspecified atom stereocenters. The van der Waals surface area contributed by atoms with Crippen LogP contribution in [0.5, 0.6) is 0 Å². The summed E-state index contributed by atoms with van der Waals surface area (Å²) < 4.78 is 10.8. The van der Waals surface area contributed by atoms with Gasteiger partial charge in [-0.15, -0.1) is 0 Å². The van der Waals surface area contributed by atoms with E-state index in [1.165, 1.54) is 32.1 Å². The Kier molecular flexibility index (Phi) is 6.24. The van der Waals surface area contributed by atoms with Crippen LogP contribution in [0, 0.1) is 0 Å². The van der Waals surface area contributed by atoms with Crippen molar-refractivity contribution in [2.75, 3.05) is 7.11 Å². The zero-order valence-corrected chi connectivity index (χ0v) is 10.8. The average Bonchev–Trinajstić information content (AvgIpc) is 2.73. The third kappa shape index (κ3) is 4.40. The first-order chi connectivity index (χ1) is 7.77. The van der Waals surface area contributed by atoms with E-state index in [2.05, 4.69) is 19.9 Å². The summed E-state index contributed by atoms with van der Waals surface area (Å²) in [5, 5.41) is 0. The van der Waals surface area contributed by atoms with Gasteiger partial charge in [-0.2, -0.15) is 0 Å². The number of unbranched alkanes of at least 4 members (excludes halogenated alkanes) is 3. The lowest BCUT2D eigenvalue weighted by Crippen LogP contribution is -1.91. The zero-order chi connectivity index (χ0) is 11.8. The molecule has 2 heteroatoms. The lowest BCUT2D eigenvalue weighted by Gasteiger charge is -2.07. The van der Waals surface area contributed by atoms with E-state index < -0.39 is 0 Å². The predicted molar refractivity (Wildman–Crippen MR) is 66.6 cm³/mol. The van der Waals surface area contributed by atoms with E-state index in [9.17, 15) is 0 Å². The first-order valence-corrected chi connectivity index (χ1v) is 6.35. The molecule has 0 saturated carbocycles. The van der Waals surface area contributed by atoms with Crippen molar-refractivity contribution >= 4 is 0 Å². The van der Waals surface area contributed by atoms with Gasteiger partial charge in [-0.3, -0.25) is 0 Å². The minimum Gasteiger partial charge on any atom is -0.463 e. The highest BCUT2D eigenvalue weighted by Crippen LogP contribution is 2.24. The molecule has 0 amide bonds. The van der Waals surface area contributed by atoms with Crippen LogP contribution in [0.2, 0.25) is 0 Å². The largest absolute Gasteiger partial charge is 0.463 e. The Morgan fingerprint density at radius 2 is 2.06 bits per heavy atom. The predicted octanol–water partition coefficient (Wildman–Crippen LogP) is 4.50. The Bertz CT molecular complexity index is 278. The van der Waals surface area contributed by atoms with Gasteiger partial charge in [0.25, 0.3) is 0 Å². The highest BCUT2D eigenvalue weighted by Gasteiger charge is 2.10. The first kappa shape index (κ1) is 13.3. The number of rotatable bonds is 8. The van der Waals surface area contributed by atoms with E-state index >= 15 is 0 Å². The monoisotopic (exact) mass is 224 g/mol. The quantitative estimate of drug-likeness (QED) is 0.607. The summed E-state index contributed by atoms with van der Waals surface area (Å²) in [6, 6.07) is 4.10. The SMILES string of the molecule is CCCCCCC(C)c1ccc(COC)o1. The van der Waals surface area contributed by atoms with Crippen molar-refractivity contribution in [2.24, 2.45) is 0 Å². The van der Waals surface area contributed by atoms with Crippen molar-refractivity contribution in [2.45, 2.75) is 58.5 Å². The van der Waals surface area contributed by atoms with Crippen LogP contribution in [-0.4, -0.2) is 7.11 Å². The lowest BCUT2D eigenvalue weighted by molar-refractivity contribution is 0.162. The third-order valence-electron chi connectivity index (χ3n) is 2.95. The highest BCUT2D eigenvalue weighted by atomic mass is 16.5. The molecule has 1 aromatic heterocycles. The van der Waals surface area contributed by atoms with Gasteiger partial charge in [0.15, 0.2) is 0 Å². The molecule has 1 rings (SSSR count). The van der Waals surface area contributed by atoms with Gasteiger partial charge in [-0.25, -0.2) is 0 Å². The summed E-state index contributed by atoms with van der Waals surface area (Å²) in [4.78, 5) is 0. The molecule has 0 spiro atoms. The molecule has 16 heavy (non-hydrogen) atoms. The number of hydrogen-bond acceptors (Lipinski definition) is 2. The molecular weight excluding hydrogens is 200 g/mol. The molecule has 1 atom stereocenters. The molecule has 0 fully saturated rings. The second-order valence-corrected chi connectivity index (χ2v) is 4.49. The van der Waals surface area contributed by atoms with Crippen LogP contribution in [0.25, 0.3) is 0 Å². The fourth-order valence-corrected chi connectivity index (χ4v) is 1.90. The molecule has 0 aliphatic carbocycles. The van der Waals surface area contributed by atoms with Crippen LogP contribution in [-0.2, 0) is 11.3 Å². The maximum atomic E-state index is 5.72.